The molecule has 1 aliphatic rings. The van der Waals surface area contributed by atoms with Crippen molar-refractivity contribution in [3.8, 4) is 0 Å². The van der Waals surface area contributed by atoms with Crippen LogP contribution in [0.3, 0.4) is 0 Å². The van der Waals surface area contributed by atoms with E-state index in [0.717, 1.165) is 35.9 Å². The molecule has 6 nitrogen and oxygen atoms in total. The Morgan fingerprint density at radius 3 is 2.93 bits per heavy atom. The first-order valence-electron chi connectivity index (χ1n) is 9.09. The number of nitrogens with zero attached hydrogens (tertiary/aromatic N) is 4. The van der Waals surface area contributed by atoms with Crippen molar-refractivity contribution in [1.82, 2.24) is 18.8 Å². The van der Waals surface area contributed by atoms with E-state index in [9.17, 15) is 12.8 Å². The van der Waals surface area contributed by atoms with Crippen molar-refractivity contribution >= 4 is 32.8 Å². The highest BCUT2D eigenvalue weighted by Gasteiger charge is 2.31. The van der Waals surface area contributed by atoms with Crippen LogP contribution < -0.4 is 0 Å². The van der Waals surface area contributed by atoms with Crippen LogP contribution in [0.15, 0.2) is 41.4 Å². The molecule has 1 saturated heterocycles. The number of piperidine rings is 1. The number of fused-ring (bicyclic) bond motifs is 1. The minimum atomic E-state index is -3.72. The van der Waals surface area contributed by atoms with Crippen molar-refractivity contribution in [2.75, 3.05) is 13.1 Å². The third kappa shape index (κ3) is 3.52. The Hall–Kier alpha value is -2.03. The molecule has 0 aliphatic carbocycles. The number of sulfonamides is 1. The van der Waals surface area contributed by atoms with Crippen LogP contribution in [0.2, 0.25) is 5.02 Å². The zero-order valence-corrected chi connectivity index (χ0v) is 16.9. The summed E-state index contributed by atoms with van der Waals surface area (Å²) in [7, 11) is -3.72. The molecule has 148 valence electrons. The molecule has 0 saturated carbocycles. The zero-order chi connectivity index (χ0) is 19.9. The van der Waals surface area contributed by atoms with Crippen LogP contribution in [0.1, 0.15) is 18.7 Å². The fourth-order valence-corrected chi connectivity index (χ4v) is 5.56. The normalized spacial score (nSPS) is 18.6. The van der Waals surface area contributed by atoms with Gasteiger partial charge in [0.1, 0.15) is 17.2 Å². The van der Waals surface area contributed by atoms with Gasteiger partial charge >= 0.3 is 0 Å². The predicted molar refractivity (Wildman–Crippen MR) is 105 cm³/mol. The monoisotopic (exact) mass is 422 g/mol. The molecular formula is C19H20ClFN4O2S. The molecule has 9 heteroatoms. The number of hydrogen-bond acceptors (Lipinski definition) is 4. The lowest BCUT2D eigenvalue weighted by Crippen LogP contribution is -2.41. The number of aryl methyl sites for hydroxylation is 1. The lowest BCUT2D eigenvalue weighted by atomic mass is 9.99. The fraction of sp³-hybridized carbons (Fsp3) is 0.368. The molecule has 3 aromatic rings. The summed E-state index contributed by atoms with van der Waals surface area (Å²) in [5, 5.41) is -0.193. The summed E-state index contributed by atoms with van der Waals surface area (Å²) in [6.07, 6.45) is 3.41. The number of aromatic nitrogens is 3. The van der Waals surface area contributed by atoms with E-state index >= 15 is 0 Å². The molecule has 1 unspecified atom stereocenters. The predicted octanol–water partition coefficient (Wildman–Crippen LogP) is 3.63. The summed E-state index contributed by atoms with van der Waals surface area (Å²) in [4.78, 5) is 8.97. The number of hydrogen-bond donors (Lipinski definition) is 0. The van der Waals surface area contributed by atoms with Gasteiger partial charge in [-0.2, -0.15) is 4.31 Å². The number of rotatable bonds is 4. The van der Waals surface area contributed by atoms with Crippen LogP contribution in [0.4, 0.5) is 4.39 Å². The Morgan fingerprint density at radius 2 is 2.14 bits per heavy atom. The third-order valence-electron chi connectivity index (χ3n) is 5.15. The smallest absolute Gasteiger partial charge is 0.243 e. The lowest BCUT2D eigenvalue weighted by molar-refractivity contribution is 0.245. The first kappa shape index (κ1) is 19.3. The van der Waals surface area contributed by atoms with E-state index in [1.165, 1.54) is 16.4 Å². The molecule has 1 aliphatic heterocycles. The van der Waals surface area contributed by atoms with Crippen molar-refractivity contribution in [3.05, 3.63) is 53.2 Å². The van der Waals surface area contributed by atoms with Gasteiger partial charge in [0.15, 0.2) is 5.65 Å². The highest BCUT2D eigenvalue weighted by Crippen LogP contribution is 2.28. The van der Waals surface area contributed by atoms with Gasteiger partial charge < -0.3 is 4.57 Å². The molecule has 1 aromatic carbocycles. The number of pyridine rings is 1. The molecule has 0 amide bonds. The Morgan fingerprint density at radius 1 is 1.32 bits per heavy atom. The van der Waals surface area contributed by atoms with Gasteiger partial charge in [0, 0.05) is 25.8 Å². The van der Waals surface area contributed by atoms with Crippen LogP contribution >= 0.6 is 11.6 Å². The summed E-state index contributed by atoms with van der Waals surface area (Å²) >= 11 is 5.78. The molecule has 0 bridgehead atoms. The summed E-state index contributed by atoms with van der Waals surface area (Å²) < 4.78 is 42.9. The average Bonchev–Trinajstić information content (AvgIpc) is 2.99. The third-order valence-corrected chi connectivity index (χ3v) is 7.30. The Balaban J connectivity index is 1.57. The quantitative estimate of drug-likeness (QED) is 0.643. The average molecular weight is 423 g/mol. The highest BCUT2D eigenvalue weighted by atomic mass is 35.5. The second kappa shape index (κ2) is 7.42. The van der Waals surface area contributed by atoms with E-state index in [1.54, 1.807) is 6.20 Å². The minimum absolute atomic E-state index is 0.0190. The Kier molecular flexibility index (Phi) is 5.11. The van der Waals surface area contributed by atoms with Gasteiger partial charge in [0.05, 0.1) is 9.92 Å². The van der Waals surface area contributed by atoms with Crippen LogP contribution in [-0.2, 0) is 16.6 Å². The van der Waals surface area contributed by atoms with E-state index in [1.807, 2.05) is 23.6 Å². The van der Waals surface area contributed by atoms with E-state index in [-0.39, 0.29) is 15.8 Å². The first-order chi connectivity index (χ1) is 13.4. The van der Waals surface area contributed by atoms with Crippen molar-refractivity contribution < 1.29 is 12.8 Å². The van der Waals surface area contributed by atoms with Crippen molar-refractivity contribution in [2.24, 2.45) is 5.92 Å². The summed E-state index contributed by atoms with van der Waals surface area (Å²) in [5.74, 6) is 0.364. The maximum Gasteiger partial charge on any atom is 0.243 e. The van der Waals surface area contributed by atoms with Crippen molar-refractivity contribution in [3.63, 3.8) is 0 Å². The standard InChI is InChI=1S/C19H20ClFN4O2S/c1-13-23-18-5-2-8-22-19(18)25(13)12-14-4-3-9-24(11-14)28(26,27)15-6-7-17(21)16(20)10-15/h2,5-8,10,14H,3-4,9,11-12H2,1H3. The number of halogens is 2. The van der Waals surface area contributed by atoms with Crippen LogP contribution in [0, 0.1) is 18.7 Å². The van der Waals surface area contributed by atoms with Gasteiger partial charge in [0.2, 0.25) is 10.0 Å². The maximum absolute atomic E-state index is 13.4. The van der Waals surface area contributed by atoms with E-state index in [0.29, 0.717) is 19.6 Å². The molecule has 28 heavy (non-hydrogen) atoms. The minimum Gasteiger partial charge on any atom is -0.313 e. The summed E-state index contributed by atoms with van der Waals surface area (Å²) in [6, 6.07) is 7.29. The molecule has 1 atom stereocenters. The molecule has 1 fully saturated rings. The van der Waals surface area contributed by atoms with E-state index < -0.39 is 15.8 Å². The zero-order valence-electron chi connectivity index (χ0n) is 15.3. The lowest BCUT2D eigenvalue weighted by Gasteiger charge is -2.32. The van der Waals surface area contributed by atoms with Gasteiger partial charge in [-0.25, -0.2) is 22.8 Å². The maximum atomic E-state index is 13.4. The highest BCUT2D eigenvalue weighted by molar-refractivity contribution is 7.89. The van der Waals surface area contributed by atoms with Crippen LogP contribution in [0.5, 0.6) is 0 Å². The van der Waals surface area contributed by atoms with Gasteiger partial charge in [0.25, 0.3) is 0 Å². The van der Waals surface area contributed by atoms with E-state index in [2.05, 4.69) is 9.97 Å². The summed E-state index contributed by atoms with van der Waals surface area (Å²) in [6.45, 7) is 3.41. The molecule has 0 radical (unpaired) electrons. The van der Waals surface area contributed by atoms with Gasteiger partial charge in [-0.05, 0) is 56.0 Å². The topological polar surface area (TPSA) is 68.1 Å². The van der Waals surface area contributed by atoms with Gasteiger partial charge in [-0.1, -0.05) is 11.6 Å². The second-order valence-corrected chi connectivity index (χ2v) is 9.41. The van der Waals surface area contributed by atoms with E-state index in [4.69, 9.17) is 11.6 Å². The molecular weight excluding hydrogens is 403 g/mol. The molecule has 3 heterocycles. The molecule has 4 rings (SSSR count). The number of imidazole rings is 1. The van der Waals surface area contributed by atoms with Crippen molar-refractivity contribution in [1.29, 1.82) is 0 Å². The fourth-order valence-electron chi connectivity index (χ4n) is 3.73. The van der Waals surface area contributed by atoms with Crippen molar-refractivity contribution in [2.45, 2.75) is 31.2 Å². The van der Waals surface area contributed by atoms with Gasteiger partial charge in [-0.3, -0.25) is 0 Å². The second-order valence-electron chi connectivity index (χ2n) is 7.06. The van der Waals surface area contributed by atoms with Crippen LogP contribution in [-0.4, -0.2) is 40.3 Å². The molecule has 2 aromatic heterocycles. The Bertz CT molecular complexity index is 1130. The number of benzene rings is 1. The first-order valence-corrected chi connectivity index (χ1v) is 10.9. The molecule has 0 N–H and O–H groups in total. The Labute approximate surface area is 168 Å². The van der Waals surface area contributed by atoms with Crippen LogP contribution in [0.25, 0.3) is 11.2 Å². The summed E-state index contributed by atoms with van der Waals surface area (Å²) in [5.41, 5.74) is 1.64. The molecule has 0 spiro atoms. The largest absolute Gasteiger partial charge is 0.313 e. The SMILES string of the molecule is Cc1nc2cccnc2n1CC1CCCN(S(=O)(=O)c2ccc(F)c(Cl)c2)C1. The van der Waals surface area contributed by atoms with Gasteiger partial charge in [-0.15, -0.1) is 0 Å².